The maximum Gasteiger partial charge on any atom is 0.263 e. The van der Waals surface area contributed by atoms with E-state index in [0.717, 1.165) is 24.8 Å². The van der Waals surface area contributed by atoms with Crippen molar-refractivity contribution < 1.29 is 17.9 Å². The van der Waals surface area contributed by atoms with Crippen molar-refractivity contribution in [2.24, 2.45) is 12.0 Å². The number of aromatic nitrogens is 2. The minimum absolute atomic E-state index is 0.0996. The average molecular weight is 471 g/mol. The Balaban J connectivity index is 1.42. The quantitative estimate of drug-likeness (QED) is 0.704. The summed E-state index contributed by atoms with van der Waals surface area (Å²) in [5, 5.41) is 4.21. The van der Waals surface area contributed by atoms with Gasteiger partial charge in [-0.2, -0.15) is 5.10 Å². The third kappa shape index (κ3) is 3.46. The molecule has 1 atom stereocenters. The molecule has 11 heteroatoms. The maximum atomic E-state index is 13.7. The lowest BCUT2D eigenvalue weighted by Crippen LogP contribution is -2.50. The van der Waals surface area contributed by atoms with E-state index < -0.39 is 21.1 Å². The summed E-state index contributed by atoms with van der Waals surface area (Å²) in [7, 11) is -1.91. The van der Waals surface area contributed by atoms with Crippen molar-refractivity contribution in [1.29, 1.82) is 0 Å². The molecule has 1 amide bonds. The van der Waals surface area contributed by atoms with Crippen molar-refractivity contribution in [3.05, 3.63) is 41.7 Å². The van der Waals surface area contributed by atoms with E-state index in [4.69, 9.17) is 9.73 Å². The number of hydrogen-bond acceptors (Lipinski definition) is 7. The first-order valence-electron chi connectivity index (χ1n) is 11.1. The van der Waals surface area contributed by atoms with E-state index in [2.05, 4.69) is 9.82 Å². The van der Waals surface area contributed by atoms with Gasteiger partial charge in [-0.15, -0.1) is 0 Å². The number of carbonyl (C=O) groups is 1. The van der Waals surface area contributed by atoms with Crippen LogP contribution in [0.3, 0.4) is 0 Å². The number of anilines is 1. The fourth-order valence-corrected chi connectivity index (χ4v) is 6.25. The number of guanidine groups is 1. The smallest absolute Gasteiger partial charge is 0.263 e. The Kier molecular flexibility index (Phi) is 4.34. The van der Waals surface area contributed by atoms with Crippen molar-refractivity contribution in [2.75, 3.05) is 24.7 Å². The van der Waals surface area contributed by atoms with Crippen molar-refractivity contribution >= 4 is 27.6 Å². The van der Waals surface area contributed by atoms with Crippen LogP contribution in [0.2, 0.25) is 0 Å². The molecule has 10 nitrogen and oxygen atoms in total. The molecule has 0 bridgehead atoms. The van der Waals surface area contributed by atoms with Crippen LogP contribution in [-0.2, 0) is 28.4 Å². The van der Waals surface area contributed by atoms with Crippen LogP contribution in [0.15, 0.2) is 40.5 Å². The molecule has 6 rings (SSSR count). The fraction of sp³-hybridized carbons (Fsp3) is 0.500. The third-order valence-electron chi connectivity index (χ3n) is 6.88. The molecular formula is C22H26N6O4S. The van der Waals surface area contributed by atoms with Crippen molar-refractivity contribution in [3.63, 3.8) is 0 Å². The highest BCUT2D eigenvalue weighted by Crippen LogP contribution is 2.40. The number of ether oxygens (including phenoxy) is 1. The number of sulfonamides is 1. The van der Waals surface area contributed by atoms with Crippen LogP contribution in [0.4, 0.5) is 5.69 Å². The third-order valence-corrected chi connectivity index (χ3v) is 8.52. The average Bonchev–Trinajstić information content (AvgIpc) is 3.16. The van der Waals surface area contributed by atoms with E-state index in [0.29, 0.717) is 43.5 Å². The normalized spacial score (nSPS) is 25.4. The molecule has 1 saturated carbocycles. The van der Waals surface area contributed by atoms with Gasteiger partial charge in [0.2, 0.25) is 16.0 Å². The summed E-state index contributed by atoms with van der Waals surface area (Å²) < 4.78 is 36.1. The van der Waals surface area contributed by atoms with Crippen LogP contribution in [0.1, 0.15) is 42.1 Å². The van der Waals surface area contributed by atoms with Gasteiger partial charge in [-0.3, -0.25) is 14.4 Å². The van der Waals surface area contributed by atoms with Crippen molar-refractivity contribution in [3.8, 4) is 0 Å². The van der Waals surface area contributed by atoms with E-state index in [1.54, 1.807) is 27.9 Å². The molecule has 1 aliphatic carbocycles. The van der Waals surface area contributed by atoms with Gasteiger partial charge in [0, 0.05) is 37.4 Å². The van der Waals surface area contributed by atoms with Gasteiger partial charge in [-0.1, -0.05) is 0 Å². The van der Waals surface area contributed by atoms with Crippen molar-refractivity contribution in [1.82, 2.24) is 19.4 Å². The number of aryl methyl sites for hydroxylation is 1. The molecule has 174 valence electrons. The second-order valence-electron chi connectivity index (χ2n) is 9.78. The van der Waals surface area contributed by atoms with Crippen LogP contribution in [0.5, 0.6) is 0 Å². The lowest BCUT2D eigenvalue weighted by atomic mass is 10.00. The van der Waals surface area contributed by atoms with Gasteiger partial charge in [0.1, 0.15) is 5.54 Å². The Bertz CT molecular complexity index is 1290. The predicted molar refractivity (Wildman–Crippen MR) is 120 cm³/mol. The minimum atomic E-state index is -3.73. The van der Waals surface area contributed by atoms with Gasteiger partial charge < -0.3 is 9.64 Å². The number of nitrogens with one attached hydrogen (secondary N) is 1. The first-order valence-corrected chi connectivity index (χ1v) is 12.6. The van der Waals surface area contributed by atoms with Crippen LogP contribution in [0, 0.1) is 0 Å². The monoisotopic (exact) mass is 470 g/mol. The lowest BCUT2D eigenvalue weighted by molar-refractivity contribution is 0.0833. The second-order valence-corrected chi connectivity index (χ2v) is 11.5. The van der Waals surface area contributed by atoms with Crippen molar-refractivity contribution in [2.45, 2.75) is 48.7 Å². The number of fused-ring (bicyclic) bond motifs is 3. The first-order chi connectivity index (χ1) is 15.7. The van der Waals surface area contributed by atoms with Crippen LogP contribution in [-0.4, -0.2) is 65.8 Å². The summed E-state index contributed by atoms with van der Waals surface area (Å²) in [6, 6.07) is 4.79. The summed E-state index contributed by atoms with van der Waals surface area (Å²) in [4.78, 5) is 22.4. The molecule has 1 aromatic heterocycles. The molecule has 4 aliphatic rings. The van der Waals surface area contributed by atoms with E-state index in [1.165, 1.54) is 6.07 Å². The van der Waals surface area contributed by atoms with Gasteiger partial charge in [-0.25, -0.2) is 18.1 Å². The summed E-state index contributed by atoms with van der Waals surface area (Å²) >= 11 is 0. The van der Waals surface area contributed by atoms with Crippen LogP contribution in [0.25, 0.3) is 0 Å². The number of nitrogens with zero attached hydrogens (tertiary/aromatic N) is 5. The molecule has 1 saturated heterocycles. The first kappa shape index (κ1) is 20.8. The zero-order valence-corrected chi connectivity index (χ0v) is 19.4. The number of amides is 1. The molecule has 1 unspecified atom stereocenters. The van der Waals surface area contributed by atoms with Crippen LogP contribution >= 0.6 is 0 Å². The number of benzene rings is 1. The summed E-state index contributed by atoms with van der Waals surface area (Å²) in [6.45, 7) is 3.92. The summed E-state index contributed by atoms with van der Waals surface area (Å²) in [5.41, 5.74) is 1.12. The zero-order valence-electron chi connectivity index (χ0n) is 18.6. The minimum Gasteiger partial charge on any atom is -0.379 e. The van der Waals surface area contributed by atoms with Gasteiger partial charge in [-0.05, 0) is 38.0 Å². The lowest BCUT2D eigenvalue weighted by Gasteiger charge is -2.36. The predicted octanol–water partition coefficient (Wildman–Crippen LogP) is 1.24. The van der Waals surface area contributed by atoms with Crippen LogP contribution < -0.4 is 9.62 Å². The zero-order chi connectivity index (χ0) is 23.0. The Morgan fingerprint density at radius 1 is 1.24 bits per heavy atom. The fourth-order valence-electron chi connectivity index (χ4n) is 4.76. The molecular weight excluding hydrogens is 444 g/mol. The number of carbonyl (C=O) groups excluding carboxylic acids is 1. The highest BCUT2D eigenvalue weighted by Gasteiger charge is 2.49. The standard InChI is InChI=1S/C22H26N6O4S/c1-21(5-6-21)25-33(30,31)16-3-4-18-17(9-16)19(29)27(12-15-10-23-26(2)11-15)20-24-22(13-28(18)20)7-8-32-14-22/h3-4,9-11,25H,5-8,12-14H2,1-2H3. The molecule has 1 N–H and O–H groups in total. The topological polar surface area (TPSA) is 109 Å². The number of hydrogen-bond donors (Lipinski definition) is 1. The van der Waals surface area contributed by atoms with E-state index in [9.17, 15) is 13.2 Å². The number of aliphatic imine (C=N–C) groups is 1. The summed E-state index contributed by atoms with van der Waals surface area (Å²) in [5.74, 6) is 0.315. The van der Waals surface area contributed by atoms with E-state index in [-0.39, 0.29) is 10.8 Å². The molecule has 2 fully saturated rings. The van der Waals surface area contributed by atoms with Gasteiger partial charge in [0.05, 0.1) is 42.0 Å². The molecule has 1 spiro atoms. The van der Waals surface area contributed by atoms with Gasteiger partial charge in [0.15, 0.2) is 0 Å². The Morgan fingerprint density at radius 3 is 2.73 bits per heavy atom. The molecule has 0 radical (unpaired) electrons. The Labute approximate surface area is 192 Å². The van der Waals surface area contributed by atoms with Gasteiger partial charge in [0.25, 0.3) is 5.91 Å². The maximum absolute atomic E-state index is 13.7. The Morgan fingerprint density at radius 2 is 2.06 bits per heavy atom. The second kappa shape index (κ2) is 6.87. The molecule has 3 aliphatic heterocycles. The SMILES string of the molecule is Cn1cc(CN2C(=O)c3cc(S(=O)(=O)NC4(C)CC4)ccc3N3CC4(CCOC4)N=C23)cn1. The molecule has 33 heavy (non-hydrogen) atoms. The van der Waals surface area contributed by atoms with E-state index >= 15 is 0 Å². The largest absolute Gasteiger partial charge is 0.379 e. The number of rotatable bonds is 5. The molecule has 1 aromatic carbocycles. The highest BCUT2D eigenvalue weighted by molar-refractivity contribution is 7.89. The Hall–Kier alpha value is -2.76. The molecule has 4 heterocycles. The highest BCUT2D eigenvalue weighted by atomic mass is 32.2. The van der Waals surface area contributed by atoms with E-state index in [1.807, 2.05) is 25.1 Å². The van der Waals surface area contributed by atoms with Gasteiger partial charge >= 0.3 is 0 Å². The molecule has 2 aromatic rings. The summed E-state index contributed by atoms with van der Waals surface area (Å²) in [6.07, 6.45) is 5.99.